The van der Waals surface area contributed by atoms with Crippen LogP contribution in [0.25, 0.3) is 0 Å². The van der Waals surface area contributed by atoms with Gasteiger partial charge in [-0.15, -0.1) is 0 Å². The van der Waals surface area contributed by atoms with Crippen LogP contribution in [0, 0.1) is 5.92 Å². The first-order valence-corrected chi connectivity index (χ1v) is 7.44. The van der Waals surface area contributed by atoms with Crippen LogP contribution >= 0.6 is 15.9 Å². The van der Waals surface area contributed by atoms with Crippen LogP contribution in [0.4, 0.5) is 0 Å². The van der Waals surface area contributed by atoms with Crippen LogP contribution < -0.4 is 5.73 Å². The molecule has 0 heterocycles. The van der Waals surface area contributed by atoms with Crippen molar-refractivity contribution in [2.45, 2.75) is 51.0 Å². The van der Waals surface area contributed by atoms with Gasteiger partial charge in [0, 0.05) is 10.0 Å². The molecule has 1 aromatic rings. The second kappa shape index (κ2) is 5.53. The van der Waals surface area contributed by atoms with E-state index in [1.165, 1.54) is 42.1 Å². The summed E-state index contributed by atoms with van der Waals surface area (Å²) < 4.78 is 1.20. The summed E-state index contributed by atoms with van der Waals surface area (Å²) in [7, 11) is 0. The van der Waals surface area contributed by atoms with Crippen molar-refractivity contribution in [2.75, 3.05) is 0 Å². The number of nitrogens with two attached hydrogens (primary N) is 1. The molecular formula is C15H22BrN. The van der Waals surface area contributed by atoms with E-state index in [4.69, 9.17) is 5.73 Å². The Morgan fingerprint density at radius 3 is 2.53 bits per heavy atom. The fourth-order valence-corrected chi connectivity index (χ4v) is 3.28. The molecule has 1 aliphatic carbocycles. The van der Waals surface area contributed by atoms with Gasteiger partial charge in [0.25, 0.3) is 0 Å². The lowest BCUT2D eigenvalue weighted by molar-refractivity contribution is 0.228. The number of hydrogen-bond acceptors (Lipinski definition) is 1. The summed E-state index contributed by atoms with van der Waals surface area (Å²) in [5, 5.41) is 0. The molecule has 0 atom stereocenters. The summed E-state index contributed by atoms with van der Waals surface area (Å²) in [5.74, 6) is 0.908. The normalized spacial score (nSPS) is 29.2. The van der Waals surface area contributed by atoms with Crippen LogP contribution in [0.5, 0.6) is 0 Å². The van der Waals surface area contributed by atoms with E-state index in [0.29, 0.717) is 0 Å². The van der Waals surface area contributed by atoms with Crippen molar-refractivity contribution in [1.82, 2.24) is 0 Å². The highest BCUT2D eigenvalue weighted by Crippen LogP contribution is 2.35. The highest BCUT2D eigenvalue weighted by molar-refractivity contribution is 9.10. The van der Waals surface area contributed by atoms with E-state index in [0.717, 1.165) is 12.3 Å². The molecule has 0 aromatic heterocycles. The standard InChI is InChI=1S/C15H22BrN/c1-2-12-7-9-15(17,10-8-12)11-13-5-3-4-6-14(13)16/h3-6,12H,2,7-11,17H2,1H3. The molecule has 0 aliphatic heterocycles. The quantitative estimate of drug-likeness (QED) is 0.884. The summed E-state index contributed by atoms with van der Waals surface area (Å²) >= 11 is 3.62. The van der Waals surface area contributed by atoms with Crippen molar-refractivity contribution in [3.63, 3.8) is 0 Å². The second-order valence-corrected chi connectivity index (χ2v) is 6.34. The van der Waals surface area contributed by atoms with Crippen molar-refractivity contribution in [3.8, 4) is 0 Å². The molecule has 17 heavy (non-hydrogen) atoms. The van der Waals surface area contributed by atoms with Crippen LogP contribution in [0.2, 0.25) is 0 Å². The lowest BCUT2D eigenvalue weighted by atomic mass is 9.73. The maximum Gasteiger partial charge on any atom is 0.0207 e. The molecule has 0 spiro atoms. The van der Waals surface area contributed by atoms with Crippen molar-refractivity contribution < 1.29 is 0 Å². The molecule has 1 saturated carbocycles. The maximum absolute atomic E-state index is 6.56. The van der Waals surface area contributed by atoms with Crippen molar-refractivity contribution in [1.29, 1.82) is 0 Å². The lowest BCUT2D eigenvalue weighted by Gasteiger charge is -2.37. The lowest BCUT2D eigenvalue weighted by Crippen LogP contribution is -2.45. The molecule has 0 bridgehead atoms. The van der Waals surface area contributed by atoms with Gasteiger partial charge in [-0.25, -0.2) is 0 Å². The molecule has 1 aliphatic rings. The zero-order chi connectivity index (χ0) is 12.3. The summed E-state index contributed by atoms with van der Waals surface area (Å²) in [6.45, 7) is 2.29. The average molecular weight is 296 g/mol. The molecule has 1 fully saturated rings. The third-order valence-corrected chi connectivity index (χ3v) is 4.95. The van der Waals surface area contributed by atoms with E-state index in [1.807, 2.05) is 0 Å². The van der Waals surface area contributed by atoms with E-state index in [1.54, 1.807) is 0 Å². The van der Waals surface area contributed by atoms with Gasteiger partial charge < -0.3 is 5.73 Å². The fourth-order valence-electron chi connectivity index (χ4n) is 2.86. The van der Waals surface area contributed by atoms with Crippen LogP contribution in [0.1, 0.15) is 44.6 Å². The summed E-state index contributed by atoms with van der Waals surface area (Å²) in [6.07, 6.45) is 7.27. The van der Waals surface area contributed by atoms with Crippen LogP contribution in [0.15, 0.2) is 28.7 Å². The Bertz CT molecular complexity index is 367. The Balaban J connectivity index is 2.01. The number of benzene rings is 1. The summed E-state index contributed by atoms with van der Waals surface area (Å²) in [5.41, 5.74) is 7.93. The number of hydrogen-bond donors (Lipinski definition) is 1. The van der Waals surface area contributed by atoms with E-state index in [9.17, 15) is 0 Å². The largest absolute Gasteiger partial charge is 0.325 e. The summed E-state index contributed by atoms with van der Waals surface area (Å²) in [6, 6.07) is 8.45. The van der Waals surface area contributed by atoms with Gasteiger partial charge in [0.2, 0.25) is 0 Å². The van der Waals surface area contributed by atoms with Gasteiger partial charge in [0.15, 0.2) is 0 Å². The van der Waals surface area contributed by atoms with Crippen molar-refractivity contribution >= 4 is 15.9 Å². The topological polar surface area (TPSA) is 26.0 Å². The molecular weight excluding hydrogens is 274 g/mol. The Morgan fingerprint density at radius 1 is 1.29 bits per heavy atom. The highest BCUT2D eigenvalue weighted by atomic mass is 79.9. The number of halogens is 1. The maximum atomic E-state index is 6.56. The molecule has 0 saturated heterocycles. The first kappa shape index (κ1) is 13.1. The molecule has 94 valence electrons. The first-order valence-electron chi connectivity index (χ1n) is 6.65. The Labute approximate surface area is 113 Å². The third kappa shape index (κ3) is 3.32. The van der Waals surface area contributed by atoms with Gasteiger partial charge in [0.05, 0.1) is 0 Å². The zero-order valence-electron chi connectivity index (χ0n) is 10.6. The van der Waals surface area contributed by atoms with Gasteiger partial charge >= 0.3 is 0 Å². The minimum absolute atomic E-state index is 0.0234. The van der Waals surface area contributed by atoms with Gasteiger partial charge in [-0.05, 0) is 49.7 Å². The van der Waals surface area contributed by atoms with E-state index in [2.05, 4.69) is 47.1 Å². The van der Waals surface area contributed by atoms with E-state index < -0.39 is 0 Å². The van der Waals surface area contributed by atoms with Gasteiger partial charge in [-0.2, -0.15) is 0 Å². The molecule has 1 nitrogen and oxygen atoms in total. The average Bonchev–Trinajstić information content (AvgIpc) is 2.33. The number of rotatable bonds is 3. The van der Waals surface area contributed by atoms with Gasteiger partial charge in [-0.3, -0.25) is 0 Å². The molecule has 0 radical (unpaired) electrons. The highest BCUT2D eigenvalue weighted by Gasteiger charge is 2.31. The zero-order valence-corrected chi connectivity index (χ0v) is 12.2. The molecule has 0 unspecified atom stereocenters. The van der Waals surface area contributed by atoms with Gasteiger partial charge in [0.1, 0.15) is 0 Å². The van der Waals surface area contributed by atoms with Crippen molar-refractivity contribution in [2.24, 2.45) is 11.7 Å². The minimum atomic E-state index is 0.0234. The minimum Gasteiger partial charge on any atom is -0.325 e. The molecule has 2 N–H and O–H groups in total. The van der Waals surface area contributed by atoms with Crippen LogP contribution in [-0.2, 0) is 6.42 Å². The Kier molecular flexibility index (Phi) is 4.26. The van der Waals surface area contributed by atoms with Crippen LogP contribution in [0.3, 0.4) is 0 Å². The smallest absolute Gasteiger partial charge is 0.0207 e. The molecule has 2 rings (SSSR count). The SMILES string of the molecule is CCC1CCC(N)(Cc2ccccc2Br)CC1. The second-order valence-electron chi connectivity index (χ2n) is 5.48. The molecule has 1 aromatic carbocycles. The molecule has 2 heteroatoms. The van der Waals surface area contributed by atoms with E-state index in [-0.39, 0.29) is 5.54 Å². The Morgan fingerprint density at radius 2 is 1.94 bits per heavy atom. The third-order valence-electron chi connectivity index (χ3n) is 4.18. The summed E-state index contributed by atoms with van der Waals surface area (Å²) in [4.78, 5) is 0. The first-order chi connectivity index (χ1) is 8.13. The Hall–Kier alpha value is -0.340. The predicted octanol–water partition coefficient (Wildman–Crippen LogP) is 4.29. The monoisotopic (exact) mass is 295 g/mol. The molecule has 0 amide bonds. The van der Waals surface area contributed by atoms with Gasteiger partial charge in [-0.1, -0.05) is 47.5 Å². The van der Waals surface area contributed by atoms with Crippen LogP contribution in [-0.4, -0.2) is 5.54 Å². The fraction of sp³-hybridized carbons (Fsp3) is 0.600. The van der Waals surface area contributed by atoms with Crippen molar-refractivity contribution in [3.05, 3.63) is 34.3 Å². The predicted molar refractivity (Wildman–Crippen MR) is 77.0 cm³/mol. The van der Waals surface area contributed by atoms with E-state index >= 15 is 0 Å².